The van der Waals surface area contributed by atoms with E-state index in [2.05, 4.69) is 14.2 Å². The van der Waals surface area contributed by atoms with Crippen molar-refractivity contribution in [3.8, 4) is 0 Å². The molecule has 9 heteroatoms. The Bertz CT molecular complexity index is 365. The lowest BCUT2D eigenvalue weighted by Crippen LogP contribution is -2.14. The van der Waals surface area contributed by atoms with Gasteiger partial charge in [0.1, 0.15) is 13.2 Å². The third kappa shape index (κ3) is 12.9. The molecule has 0 aromatic heterocycles. The average Bonchev–Trinajstić information content (AvgIpc) is 2.53. The Balaban J connectivity index is 3.33. The molecular formula is C13H20O9. The zero-order valence-electron chi connectivity index (χ0n) is 12.6. The number of methoxy groups -OCH3 is 2. The van der Waals surface area contributed by atoms with E-state index in [-0.39, 0.29) is 26.4 Å². The molecule has 0 N–H and O–H groups in total. The van der Waals surface area contributed by atoms with Crippen molar-refractivity contribution in [3.05, 3.63) is 12.2 Å². The van der Waals surface area contributed by atoms with Crippen LogP contribution in [-0.4, -0.2) is 72.0 Å². The largest absolute Gasteiger partial charge is 0.508 e. The molecule has 0 aliphatic carbocycles. The summed E-state index contributed by atoms with van der Waals surface area (Å²) in [5.41, 5.74) is 0. The summed E-state index contributed by atoms with van der Waals surface area (Å²) in [4.78, 5) is 32.4. The van der Waals surface area contributed by atoms with Crippen LogP contribution in [0, 0.1) is 0 Å². The molecule has 126 valence electrons. The van der Waals surface area contributed by atoms with Gasteiger partial charge in [-0.1, -0.05) is 0 Å². The van der Waals surface area contributed by atoms with Crippen molar-refractivity contribution in [2.24, 2.45) is 0 Å². The fourth-order valence-corrected chi connectivity index (χ4v) is 1.02. The Hall–Kier alpha value is -2.13. The lowest BCUT2D eigenvalue weighted by atomic mass is 10.5. The molecule has 0 rings (SSSR count). The number of carbonyl (C=O) groups is 3. The van der Waals surface area contributed by atoms with Gasteiger partial charge in [-0.3, -0.25) is 0 Å². The normalized spacial score (nSPS) is 10.3. The zero-order valence-corrected chi connectivity index (χ0v) is 12.6. The third-order valence-electron chi connectivity index (χ3n) is 2.01. The minimum absolute atomic E-state index is 0.0514. The summed E-state index contributed by atoms with van der Waals surface area (Å²) in [5, 5.41) is 0. The summed E-state index contributed by atoms with van der Waals surface area (Å²) in [5.74, 6) is -1.30. The summed E-state index contributed by atoms with van der Waals surface area (Å²) in [7, 11) is 2.42. The Labute approximate surface area is 128 Å². The summed E-state index contributed by atoms with van der Waals surface area (Å²) < 4.78 is 28.1. The van der Waals surface area contributed by atoms with Gasteiger partial charge in [-0.15, -0.1) is 0 Å². The molecule has 0 aliphatic heterocycles. The highest BCUT2D eigenvalue weighted by molar-refractivity contribution is 5.91. The minimum Gasteiger partial charge on any atom is -0.466 e. The van der Waals surface area contributed by atoms with Crippen LogP contribution in [-0.2, 0) is 38.0 Å². The molecular weight excluding hydrogens is 300 g/mol. The topological polar surface area (TPSA) is 107 Å². The quantitative estimate of drug-likeness (QED) is 0.226. The monoisotopic (exact) mass is 320 g/mol. The number of hydrogen-bond acceptors (Lipinski definition) is 9. The number of carbonyl (C=O) groups excluding carboxylic acids is 3. The molecule has 0 atom stereocenters. The molecule has 0 aliphatic rings. The Morgan fingerprint density at radius 1 is 0.682 bits per heavy atom. The summed E-state index contributed by atoms with van der Waals surface area (Å²) in [6.45, 7) is 1.17. The molecule has 0 aromatic carbocycles. The Morgan fingerprint density at radius 3 is 1.73 bits per heavy atom. The van der Waals surface area contributed by atoms with Crippen molar-refractivity contribution >= 4 is 18.1 Å². The number of esters is 2. The van der Waals surface area contributed by atoms with Crippen LogP contribution in [0.15, 0.2) is 12.2 Å². The standard InChI is InChI=1S/C13H20O9/c1-17-11(14)3-4-12(15)21-9-7-19-5-6-20-8-10-22-13(16)18-2/h3-4H,5-10H2,1-2H3. The molecule has 0 amide bonds. The number of hydrogen-bond donors (Lipinski definition) is 0. The van der Waals surface area contributed by atoms with E-state index in [1.165, 1.54) is 14.2 Å². The van der Waals surface area contributed by atoms with E-state index >= 15 is 0 Å². The van der Waals surface area contributed by atoms with Gasteiger partial charge >= 0.3 is 18.1 Å². The van der Waals surface area contributed by atoms with E-state index in [0.717, 1.165) is 12.2 Å². The van der Waals surface area contributed by atoms with Gasteiger partial charge < -0.3 is 28.4 Å². The van der Waals surface area contributed by atoms with Gasteiger partial charge in [0.05, 0.1) is 40.6 Å². The van der Waals surface area contributed by atoms with E-state index in [0.29, 0.717) is 13.2 Å². The van der Waals surface area contributed by atoms with E-state index in [4.69, 9.17) is 14.2 Å². The summed E-state index contributed by atoms with van der Waals surface area (Å²) in [6, 6.07) is 0. The smallest absolute Gasteiger partial charge is 0.466 e. The van der Waals surface area contributed by atoms with Crippen LogP contribution < -0.4 is 0 Å². The second-order valence-electron chi connectivity index (χ2n) is 3.55. The van der Waals surface area contributed by atoms with E-state index in [1.807, 2.05) is 0 Å². The van der Waals surface area contributed by atoms with Crippen LogP contribution in [0.4, 0.5) is 4.79 Å². The maximum Gasteiger partial charge on any atom is 0.508 e. The van der Waals surface area contributed by atoms with Crippen molar-refractivity contribution in [1.82, 2.24) is 0 Å². The molecule has 9 nitrogen and oxygen atoms in total. The predicted molar refractivity (Wildman–Crippen MR) is 72.1 cm³/mol. The second kappa shape index (κ2) is 13.8. The van der Waals surface area contributed by atoms with Gasteiger partial charge in [0, 0.05) is 12.2 Å². The van der Waals surface area contributed by atoms with E-state index in [9.17, 15) is 14.4 Å². The van der Waals surface area contributed by atoms with Gasteiger partial charge in [-0.05, 0) is 0 Å². The number of rotatable bonds is 11. The zero-order chi connectivity index (χ0) is 16.6. The molecule has 0 bridgehead atoms. The van der Waals surface area contributed by atoms with Crippen LogP contribution in [0.2, 0.25) is 0 Å². The van der Waals surface area contributed by atoms with Gasteiger partial charge in [0.25, 0.3) is 0 Å². The van der Waals surface area contributed by atoms with Crippen LogP contribution in [0.1, 0.15) is 0 Å². The maximum absolute atomic E-state index is 11.1. The highest BCUT2D eigenvalue weighted by atomic mass is 16.7. The van der Waals surface area contributed by atoms with Crippen molar-refractivity contribution in [2.45, 2.75) is 0 Å². The van der Waals surface area contributed by atoms with Crippen LogP contribution >= 0.6 is 0 Å². The first-order valence-electron chi connectivity index (χ1n) is 6.39. The van der Waals surface area contributed by atoms with Gasteiger partial charge in [0.15, 0.2) is 0 Å². The van der Waals surface area contributed by atoms with E-state index < -0.39 is 18.1 Å². The first-order chi connectivity index (χ1) is 10.6. The fourth-order valence-electron chi connectivity index (χ4n) is 1.02. The van der Waals surface area contributed by atoms with Crippen LogP contribution in [0.25, 0.3) is 0 Å². The average molecular weight is 320 g/mol. The van der Waals surface area contributed by atoms with E-state index in [1.54, 1.807) is 0 Å². The van der Waals surface area contributed by atoms with Gasteiger partial charge in [0.2, 0.25) is 0 Å². The molecule has 0 heterocycles. The number of ether oxygens (including phenoxy) is 6. The van der Waals surface area contributed by atoms with Crippen molar-refractivity contribution in [3.63, 3.8) is 0 Å². The van der Waals surface area contributed by atoms with Crippen LogP contribution in [0.5, 0.6) is 0 Å². The molecule has 0 radical (unpaired) electrons. The lowest BCUT2D eigenvalue weighted by molar-refractivity contribution is -0.140. The third-order valence-corrected chi connectivity index (χ3v) is 2.01. The van der Waals surface area contributed by atoms with Crippen LogP contribution in [0.3, 0.4) is 0 Å². The molecule has 0 fully saturated rings. The molecule has 0 saturated carbocycles. The summed E-state index contributed by atoms with van der Waals surface area (Å²) >= 11 is 0. The molecule has 22 heavy (non-hydrogen) atoms. The lowest BCUT2D eigenvalue weighted by Gasteiger charge is -2.06. The first kappa shape index (κ1) is 19.9. The SMILES string of the molecule is COC(=O)C=CC(=O)OCCOCCOCCOC(=O)OC. The summed E-state index contributed by atoms with van der Waals surface area (Å²) in [6.07, 6.45) is 1.17. The first-order valence-corrected chi connectivity index (χ1v) is 6.39. The predicted octanol–water partition coefficient (Wildman–Crippen LogP) is 0.0750. The van der Waals surface area contributed by atoms with Gasteiger partial charge in [-0.2, -0.15) is 0 Å². The Morgan fingerprint density at radius 2 is 1.18 bits per heavy atom. The van der Waals surface area contributed by atoms with Crippen molar-refractivity contribution < 1.29 is 42.8 Å². The molecule has 0 aromatic rings. The highest BCUT2D eigenvalue weighted by Crippen LogP contribution is 1.87. The van der Waals surface area contributed by atoms with Crippen molar-refractivity contribution in [2.75, 3.05) is 53.9 Å². The molecule has 0 spiro atoms. The highest BCUT2D eigenvalue weighted by Gasteiger charge is 2.00. The fraction of sp³-hybridized carbons (Fsp3) is 0.615. The maximum atomic E-state index is 11.1. The van der Waals surface area contributed by atoms with Crippen molar-refractivity contribution in [1.29, 1.82) is 0 Å². The Kier molecular flexibility index (Phi) is 12.5. The molecule has 0 unspecified atom stereocenters. The molecule has 0 saturated heterocycles. The minimum atomic E-state index is -0.761. The van der Waals surface area contributed by atoms with Gasteiger partial charge in [-0.25, -0.2) is 14.4 Å². The second-order valence-corrected chi connectivity index (χ2v) is 3.55.